The van der Waals surface area contributed by atoms with Gasteiger partial charge >= 0.3 is 12.4 Å². The van der Waals surface area contributed by atoms with Crippen molar-refractivity contribution in [3.05, 3.63) is 29.8 Å². The number of para-hydroxylation sites is 1. The molecule has 0 saturated carbocycles. The molecule has 0 bridgehead atoms. The summed E-state index contributed by atoms with van der Waals surface area (Å²) in [5.74, 6) is -2.63. The first kappa shape index (κ1) is 20.1. The molecule has 1 aromatic rings. The molecular formula is C16H16F6N2O2. The number of benzene rings is 1. The molecule has 0 fully saturated rings. The molecule has 1 heterocycles. The molecule has 0 spiro atoms. The summed E-state index contributed by atoms with van der Waals surface area (Å²) in [4.78, 5) is 25.6. The van der Waals surface area contributed by atoms with Gasteiger partial charge in [-0.15, -0.1) is 0 Å². The zero-order chi connectivity index (χ0) is 19.7. The van der Waals surface area contributed by atoms with Gasteiger partial charge in [-0.3, -0.25) is 14.5 Å². The molecule has 0 aliphatic carbocycles. The number of amides is 2. The van der Waals surface area contributed by atoms with Gasteiger partial charge < -0.3 is 4.90 Å². The fraction of sp³-hybridized carbons (Fsp3) is 0.500. The summed E-state index contributed by atoms with van der Waals surface area (Å²) in [5.41, 5.74) is 0.764. The number of aryl methyl sites for hydroxylation is 1. The van der Waals surface area contributed by atoms with E-state index >= 15 is 0 Å². The quantitative estimate of drug-likeness (QED) is 0.749. The fourth-order valence-electron chi connectivity index (χ4n) is 2.92. The van der Waals surface area contributed by atoms with E-state index in [4.69, 9.17) is 0 Å². The van der Waals surface area contributed by atoms with Crippen LogP contribution in [0.4, 0.5) is 32.0 Å². The summed E-state index contributed by atoms with van der Waals surface area (Å²) in [5, 5.41) is 0. The van der Waals surface area contributed by atoms with Gasteiger partial charge in [0.15, 0.2) is 0 Å². The van der Waals surface area contributed by atoms with Crippen molar-refractivity contribution in [2.75, 3.05) is 11.9 Å². The van der Waals surface area contributed by atoms with Crippen LogP contribution in [0.3, 0.4) is 0 Å². The van der Waals surface area contributed by atoms with Crippen LogP contribution in [-0.2, 0) is 16.0 Å². The second kappa shape index (κ2) is 7.16. The van der Waals surface area contributed by atoms with E-state index in [-0.39, 0.29) is 12.1 Å². The normalized spacial score (nSPS) is 17.7. The molecule has 144 valence electrons. The Balaban J connectivity index is 2.35. The molecule has 0 saturated heterocycles. The number of nitrogens with zero attached hydrogens (tertiary/aromatic N) is 2. The lowest BCUT2D eigenvalue weighted by atomic mass is 9.98. The molecule has 4 nitrogen and oxygen atoms in total. The molecule has 1 aliphatic heterocycles. The molecule has 0 aromatic heterocycles. The average molecular weight is 382 g/mol. The van der Waals surface area contributed by atoms with Crippen LogP contribution in [0, 0.1) is 0 Å². The van der Waals surface area contributed by atoms with Gasteiger partial charge in [-0.25, -0.2) is 0 Å². The van der Waals surface area contributed by atoms with E-state index in [2.05, 4.69) is 0 Å². The van der Waals surface area contributed by atoms with Crippen molar-refractivity contribution in [1.29, 1.82) is 0 Å². The SMILES string of the molecule is CN(C(=O)CC(F)(F)F)[C@H]1CCc2ccccc2N1C(=O)CC(F)(F)F. The van der Waals surface area contributed by atoms with Crippen LogP contribution in [0.5, 0.6) is 0 Å². The third-order valence-corrected chi connectivity index (χ3v) is 4.03. The Bertz CT molecular complexity index is 686. The van der Waals surface area contributed by atoms with Gasteiger partial charge in [-0.05, 0) is 24.5 Å². The van der Waals surface area contributed by atoms with Crippen LogP contribution in [0.1, 0.15) is 24.8 Å². The van der Waals surface area contributed by atoms with E-state index in [1.807, 2.05) is 0 Å². The highest BCUT2D eigenvalue weighted by molar-refractivity contribution is 5.96. The minimum Gasteiger partial charge on any atom is -0.324 e. The second-order valence-electron chi connectivity index (χ2n) is 6.00. The molecule has 26 heavy (non-hydrogen) atoms. The monoisotopic (exact) mass is 382 g/mol. The average Bonchev–Trinajstić information content (AvgIpc) is 2.49. The number of halogens is 6. The summed E-state index contributed by atoms with van der Waals surface area (Å²) < 4.78 is 75.4. The molecule has 0 unspecified atom stereocenters. The topological polar surface area (TPSA) is 40.6 Å². The third kappa shape index (κ3) is 4.89. The largest absolute Gasteiger partial charge is 0.397 e. The van der Waals surface area contributed by atoms with Gasteiger partial charge in [0.05, 0.1) is 0 Å². The zero-order valence-corrected chi connectivity index (χ0v) is 13.7. The lowest BCUT2D eigenvalue weighted by molar-refractivity contribution is -0.162. The number of anilines is 1. The highest BCUT2D eigenvalue weighted by atomic mass is 19.4. The Morgan fingerprint density at radius 2 is 1.65 bits per heavy atom. The van der Waals surface area contributed by atoms with Crippen molar-refractivity contribution in [1.82, 2.24) is 4.90 Å². The highest BCUT2D eigenvalue weighted by Gasteiger charge is 2.42. The fourth-order valence-corrected chi connectivity index (χ4v) is 2.92. The summed E-state index contributed by atoms with van der Waals surface area (Å²) in [6.45, 7) is 0. The predicted octanol–water partition coefficient (Wildman–Crippen LogP) is 3.66. The Kier molecular flexibility index (Phi) is 5.52. The van der Waals surface area contributed by atoms with Gasteiger partial charge in [0.1, 0.15) is 19.0 Å². The first-order chi connectivity index (χ1) is 11.9. The molecule has 1 aliphatic rings. The second-order valence-corrected chi connectivity index (χ2v) is 6.00. The lowest BCUT2D eigenvalue weighted by Crippen LogP contribution is -2.55. The standard InChI is InChI=1S/C16H16F6N2O2/c1-23(13(25)8-15(17,18)19)12-7-6-10-4-2-3-5-11(10)24(12)14(26)9-16(20,21)22/h2-5,12H,6-9H2,1H3/t12-/m1/s1. The van der Waals surface area contributed by atoms with Crippen molar-refractivity contribution >= 4 is 17.5 Å². The molecule has 0 N–H and O–H groups in total. The Labute approximate surface area is 145 Å². The molecule has 1 aromatic carbocycles. The van der Waals surface area contributed by atoms with Crippen LogP contribution in [0.2, 0.25) is 0 Å². The number of rotatable bonds is 3. The van der Waals surface area contributed by atoms with Gasteiger partial charge in [-0.1, -0.05) is 18.2 Å². The number of hydrogen-bond acceptors (Lipinski definition) is 2. The Morgan fingerprint density at radius 1 is 1.08 bits per heavy atom. The first-order valence-corrected chi connectivity index (χ1v) is 7.68. The van der Waals surface area contributed by atoms with Crippen molar-refractivity contribution < 1.29 is 35.9 Å². The number of carbonyl (C=O) groups excluding carboxylic acids is 2. The molecule has 0 radical (unpaired) electrons. The lowest BCUT2D eigenvalue weighted by Gasteiger charge is -2.42. The molecule has 2 amide bonds. The number of carbonyl (C=O) groups is 2. The summed E-state index contributed by atoms with van der Waals surface area (Å²) in [6, 6.07) is 6.19. The number of fused-ring (bicyclic) bond motifs is 1. The summed E-state index contributed by atoms with van der Waals surface area (Å²) >= 11 is 0. The van der Waals surface area contributed by atoms with Gasteiger partial charge in [-0.2, -0.15) is 26.3 Å². The van der Waals surface area contributed by atoms with Crippen molar-refractivity contribution in [2.45, 2.75) is 44.2 Å². The smallest absolute Gasteiger partial charge is 0.324 e. The van der Waals surface area contributed by atoms with Gasteiger partial charge in [0, 0.05) is 12.7 Å². The van der Waals surface area contributed by atoms with Crippen LogP contribution in [0.15, 0.2) is 24.3 Å². The first-order valence-electron chi connectivity index (χ1n) is 7.68. The van der Waals surface area contributed by atoms with E-state index in [0.717, 1.165) is 11.9 Å². The molecule has 10 heteroatoms. The molecular weight excluding hydrogens is 366 g/mol. The number of hydrogen-bond donors (Lipinski definition) is 0. The van der Waals surface area contributed by atoms with Crippen LogP contribution < -0.4 is 4.90 Å². The van der Waals surface area contributed by atoms with Crippen molar-refractivity contribution in [3.63, 3.8) is 0 Å². The van der Waals surface area contributed by atoms with E-state index in [9.17, 15) is 35.9 Å². The number of alkyl halides is 6. The van der Waals surface area contributed by atoms with Crippen LogP contribution in [0.25, 0.3) is 0 Å². The van der Waals surface area contributed by atoms with Crippen LogP contribution >= 0.6 is 0 Å². The minimum atomic E-state index is -4.78. The summed E-state index contributed by atoms with van der Waals surface area (Å²) in [7, 11) is 1.06. The third-order valence-electron chi connectivity index (χ3n) is 4.03. The highest BCUT2D eigenvalue weighted by Crippen LogP contribution is 2.34. The maximum atomic E-state index is 12.7. The van der Waals surface area contributed by atoms with Crippen molar-refractivity contribution in [3.8, 4) is 0 Å². The van der Waals surface area contributed by atoms with E-state index in [1.54, 1.807) is 12.1 Å². The predicted molar refractivity (Wildman–Crippen MR) is 80.2 cm³/mol. The summed E-state index contributed by atoms with van der Waals surface area (Å²) in [6.07, 6.45) is -13.9. The molecule has 1 atom stereocenters. The maximum absolute atomic E-state index is 12.7. The Morgan fingerprint density at radius 3 is 2.23 bits per heavy atom. The van der Waals surface area contributed by atoms with Gasteiger partial charge in [0.2, 0.25) is 11.8 Å². The van der Waals surface area contributed by atoms with E-state index in [1.165, 1.54) is 12.1 Å². The van der Waals surface area contributed by atoms with E-state index < -0.39 is 43.2 Å². The maximum Gasteiger partial charge on any atom is 0.397 e. The Hall–Kier alpha value is -2.26. The van der Waals surface area contributed by atoms with E-state index in [0.29, 0.717) is 16.9 Å². The molecule has 2 rings (SSSR count). The van der Waals surface area contributed by atoms with Crippen LogP contribution in [-0.4, -0.2) is 42.3 Å². The van der Waals surface area contributed by atoms with Gasteiger partial charge in [0.25, 0.3) is 0 Å². The zero-order valence-electron chi connectivity index (χ0n) is 13.7. The van der Waals surface area contributed by atoms with Crippen molar-refractivity contribution in [2.24, 2.45) is 0 Å². The minimum absolute atomic E-state index is 0.0424.